The fourth-order valence-corrected chi connectivity index (χ4v) is 2.78. The van der Waals surface area contributed by atoms with Gasteiger partial charge in [-0.05, 0) is 36.4 Å². The molecule has 0 amide bonds. The second-order valence-electron chi connectivity index (χ2n) is 4.12. The molecule has 0 N–H and O–H groups in total. The Labute approximate surface area is 110 Å². The minimum absolute atomic E-state index is 0.213. The number of rotatable bonds is 0. The van der Waals surface area contributed by atoms with E-state index in [9.17, 15) is 0 Å². The minimum Gasteiger partial charge on any atom is -0.217 e. The Morgan fingerprint density at radius 2 is 1.82 bits per heavy atom. The van der Waals surface area contributed by atoms with Crippen LogP contribution in [0.1, 0.15) is 17.5 Å². The molecule has 3 rings (SSSR count). The smallest absolute Gasteiger partial charge is 0.217 e. The summed E-state index contributed by atoms with van der Waals surface area (Å²) in [5.41, 5.74) is 4.34. The van der Waals surface area contributed by atoms with Gasteiger partial charge in [0.2, 0.25) is 5.28 Å². The van der Waals surface area contributed by atoms with Crippen LogP contribution in [0.15, 0.2) is 24.3 Å². The van der Waals surface area contributed by atoms with E-state index in [1.165, 1.54) is 5.56 Å². The number of nitrogens with zero attached hydrogens (tertiary/aromatic N) is 2. The second kappa shape index (κ2) is 4.28. The molecule has 2 nitrogen and oxygen atoms in total. The number of hydrogen-bond acceptors (Lipinski definition) is 2. The molecule has 2 aromatic rings. The van der Waals surface area contributed by atoms with Crippen LogP contribution in [0.5, 0.6) is 0 Å². The van der Waals surface area contributed by atoms with Gasteiger partial charge >= 0.3 is 0 Å². The zero-order valence-corrected chi connectivity index (χ0v) is 10.6. The fourth-order valence-electron chi connectivity index (χ4n) is 2.30. The van der Waals surface area contributed by atoms with E-state index >= 15 is 0 Å². The summed E-state index contributed by atoms with van der Waals surface area (Å²) in [4.78, 5) is 8.37. The normalized spacial score (nSPS) is 13.8. The average molecular weight is 265 g/mol. The van der Waals surface area contributed by atoms with Gasteiger partial charge in [-0.1, -0.05) is 35.9 Å². The van der Waals surface area contributed by atoms with Gasteiger partial charge in [-0.15, -0.1) is 0 Å². The summed E-state index contributed by atoms with van der Waals surface area (Å²) < 4.78 is 0. The van der Waals surface area contributed by atoms with E-state index < -0.39 is 0 Å². The molecule has 1 heterocycles. The lowest BCUT2D eigenvalue weighted by molar-refractivity contribution is 0.829. The van der Waals surface area contributed by atoms with Crippen molar-refractivity contribution >= 4 is 23.2 Å². The van der Waals surface area contributed by atoms with Crippen LogP contribution in [0, 0.1) is 0 Å². The predicted octanol–water partition coefficient (Wildman–Crippen LogP) is 3.94. The number of aromatic nitrogens is 2. The predicted molar refractivity (Wildman–Crippen MR) is 69.5 cm³/mol. The number of halogens is 2. The maximum absolute atomic E-state index is 6.15. The van der Waals surface area contributed by atoms with Crippen molar-refractivity contribution in [2.75, 3.05) is 0 Å². The van der Waals surface area contributed by atoms with Crippen molar-refractivity contribution < 1.29 is 0 Å². The minimum atomic E-state index is 0.213. The molecule has 0 spiro atoms. The molecule has 0 radical (unpaired) electrons. The molecule has 4 heteroatoms. The van der Waals surface area contributed by atoms with Crippen LogP contribution in [-0.4, -0.2) is 9.97 Å². The number of hydrogen-bond donors (Lipinski definition) is 0. The highest BCUT2D eigenvalue weighted by molar-refractivity contribution is 6.32. The van der Waals surface area contributed by atoms with Gasteiger partial charge in [-0.3, -0.25) is 0 Å². The topological polar surface area (TPSA) is 25.8 Å². The van der Waals surface area contributed by atoms with Gasteiger partial charge in [0.05, 0.1) is 5.69 Å². The van der Waals surface area contributed by atoms with Crippen molar-refractivity contribution in [3.8, 4) is 11.3 Å². The molecule has 0 atom stereocenters. The van der Waals surface area contributed by atoms with Crippen LogP contribution >= 0.6 is 23.2 Å². The van der Waals surface area contributed by atoms with Gasteiger partial charge in [-0.25, -0.2) is 9.97 Å². The van der Waals surface area contributed by atoms with Crippen LogP contribution < -0.4 is 0 Å². The first-order valence-corrected chi connectivity index (χ1v) is 6.31. The molecule has 0 saturated heterocycles. The Bertz CT molecular complexity index is 582. The SMILES string of the molecule is Clc1nc(Cl)c2c(n1)-c1ccccc1CCC2. The molecule has 86 valence electrons. The number of aryl methyl sites for hydroxylation is 1. The maximum Gasteiger partial charge on any atom is 0.224 e. The Morgan fingerprint density at radius 1 is 1.00 bits per heavy atom. The highest BCUT2D eigenvalue weighted by Crippen LogP contribution is 2.34. The van der Waals surface area contributed by atoms with E-state index in [-0.39, 0.29) is 5.28 Å². The summed E-state index contributed by atoms with van der Waals surface area (Å²) in [5, 5.41) is 0.696. The molecule has 1 aliphatic carbocycles. The number of benzene rings is 1. The van der Waals surface area contributed by atoms with E-state index in [0.29, 0.717) is 5.15 Å². The van der Waals surface area contributed by atoms with E-state index in [1.807, 2.05) is 12.1 Å². The summed E-state index contributed by atoms with van der Waals surface area (Å²) >= 11 is 12.0. The van der Waals surface area contributed by atoms with Crippen LogP contribution in [0.2, 0.25) is 10.4 Å². The molecule has 1 aliphatic rings. The summed E-state index contributed by atoms with van der Waals surface area (Å²) in [6, 6.07) is 8.26. The van der Waals surface area contributed by atoms with Crippen LogP contribution in [0.25, 0.3) is 11.3 Å². The lowest BCUT2D eigenvalue weighted by atomic mass is 10.0. The van der Waals surface area contributed by atoms with Gasteiger partial charge in [0.25, 0.3) is 0 Å². The first-order valence-electron chi connectivity index (χ1n) is 5.56. The third kappa shape index (κ3) is 1.92. The van der Waals surface area contributed by atoms with Gasteiger partial charge in [0.15, 0.2) is 0 Å². The zero-order chi connectivity index (χ0) is 11.8. The second-order valence-corrected chi connectivity index (χ2v) is 4.82. The lowest BCUT2D eigenvalue weighted by Crippen LogP contribution is -1.97. The molecule has 0 aliphatic heterocycles. The monoisotopic (exact) mass is 264 g/mol. The summed E-state index contributed by atoms with van der Waals surface area (Å²) in [7, 11) is 0. The summed E-state index contributed by atoms with van der Waals surface area (Å²) in [6.07, 6.45) is 3.01. The standard InChI is InChI=1S/C13H10Cl2N2/c14-12-10-7-3-5-8-4-1-2-6-9(8)11(10)16-13(15)17-12/h1-2,4,6H,3,5,7H2. The van der Waals surface area contributed by atoms with E-state index in [2.05, 4.69) is 22.1 Å². The quantitative estimate of drug-likeness (QED) is 0.532. The lowest BCUT2D eigenvalue weighted by Gasteiger charge is -2.09. The van der Waals surface area contributed by atoms with E-state index in [4.69, 9.17) is 23.2 Å². The van der Waals surface area contributed by atoms with Crippen molar-refractivity contribution in [1.82, 2.24) is 9.97 Å². The van der Waals surface area contributed by atoms with Gasteiger partial charge in [-0.2, -0.15) is 0 Å². The Morgan fingerprint density at radius 3 is 2.71 bits per heavy atom. The van der Waals surface area contributed by atoms with Crippen molar-refractivity contribution in [3.63, 3.8) is 0 Å². The summed E-state index contributed by atoms with van der Waals surface area (Å²) in [5.74, 6) is 0. The highest BCUT2D eigenvalue weighted by atomic mass is 35.5. The first kappa shape index (κ1) is 11.0. The van der Waals surface area contributed by atoms with Gasteiger partial charge in [0.1, 0.15) is 5.15 Å². The molecule has 1 aromatic heterocycles. The first-order chi connectivity index (χ1) is 8.25. The molecule has 1 aromatic carbocycles. The Kier molecular flexibility index (Phi) is 2.77. The zero-order valence-electron chi connectivity index (χ0n) is 9.08. The van der Waals surface area contributed by atoms with Crippen molar-refractivity contribution in [2.24, 2.45) is 0 Å². The molecule has 0 saturated carbocycles. The molecule has 0 bridgehead atoms. The van der Waals surface area contributed by atoms with Crippen molar-refractivity contribution in [1.29, 1.82) is 0 Å². The van der Waals surface area contributed by atoms with Gasteiger partial charge < -0.3 is 0 Å². The van der Waals surface area contributed by atoms with E-state index in [1.54, 1.807) is 0 Å². The maximum atomic E-state index is 6.15. The van der Waals surface area contributed by atoms with Crippen LogP contribution in [0.4, 0.5) is 0 Å². The Balaban J connectivity index is 2.32. The molecule has 17 heavy (non-hydrogen) atoms. The molecule has 0 fully saturated rings. The molecular formula is C13H10Cl2N2. The highest BCUT2D eigenvalue weighted by Gasteiger charge is 2.19. The largest absolute Gasteiger partial charge is 0.224 e. The average Bonchev–Trinajstić information content (AvgIpc) is 2.49. The molecule has 0 unspecified atom stereocenters. The molecular weight excluding hydrogens is 255 g/mol. The fraction of sp³-hybridized carbons (Fsp3) is 0.231. The van der Waals surface area contributed by atoms with Crippen LogP contribution in [0.3, 0.4) is 0 Å². The van der Waals surface area contributed by atoms with Crippen molar-refractivity contribution in [2.45, 2.75) is 19.3 Å². The Hall–Kier alpha value is -1.12. The van der Waals surface area contributed by atoms with E-state index in [0.717, 1.165) is 36.1 Å². The van der Waals surface area contributed by atoms with Gasteiger partial charge in [0, 0.05) is 11.1 Å². The third-order valence-electron chi connectivity index (χ3n) is 3.07. The van der Waals surface area contributed by atoms with Crippen molar-refractivity contribution in [3.05, 3.63) is 45.8 Å². The third-order valence-corrected chi connectivity index (χ3v) is 3.56. The van der Waals surface area contributed by atoms with Crippen LogP contribution in [-0.2, 0) is 12.8 Å². The summed E-state index contributed by atoms with van der Waals surface area (Å²) in [6.45, 7) is 0. The number of fused-ring (bicyclic) bond motifs is 3.